The molecule has 0 bridgehead atoms. The number of aliphatic hydroxyl groups excluding tert-OH is 1. The van der Waals surface area contributed by atoms with Crippen LogP contribution in [0.1, 0.15) is 54.5 Å². The summed E-state index contributed by atoms with van der Waals surface area (Å²) >= 11 is 6.04. The van der Waals surface area contributed by atoms with Crippen molar-refractivity contribution in [1.82, 2.24) is 20.2 Å². The third kappa shape index (κ3) is 5.18. The quantitative estimate of drug-likeness (QED) is 0.450. The maximum absolute atomic E-state index is 13.5. The van der Waals surface area contributed by atoms with E-state index in [1.54, 1.807) is 12.1 Å². The van der Waals surface area contributed by atoms with Crippen LogP contribution in [0, 0.1) is 0 Å². The number of aliphatic hydroxyl groups is 1. The molecule has 0 unspecified atom stereocenters. The number of piperazine rings is 1. The minimum atomic E-state index is -0.536. The normalized spacial score (nSPS) is 21.1. The van der Waals surface area contributed by atoms with Gasteiger partial charge in [0.1, 0.15) is 18.4 Å². The molecule has 1 aromatic heterocycles. The largest absolute Gasteiger partial charge is 0.387 e. The molecule has 4 rings (SSSR count). The summed E-state index contributed by atoms with van der Waals surface area (Å²) in [6.07, 6.45) is 2.94. The molecule has 0 saturated carbocycles. The van der Waals surface area contributed by atoms with Crippen LogP contribution >= 0.6 is 11.6 Å². The van der Waals surface area contributed by atoms with E-state index in [0.29, 0.717) is 57.1 Å². The number of benzene rings is 1. The Kier molecular flexibility index (Phi) is 7.57. The van der Waals surface area contributed by atoms with Gasteiger partial charge in [0.05, 0.1) is 17.7 Å². The third-order valence-electron chi connectivity index (χ3n) is 6.53. The Morgan fingerprint density at radius 1 is 1.24 bits per heavy atom. The minimum Gasteiger partial charge on any atom is -0.387 e. The molecule has 176 valence electrons. The predicted molar refractivity (Wildman–Crippen MR) is 127 cm³/mol. The molecule has 9 heteroatoms. The molecule has 2 aromatic rings. The number of rotatable bonds is 8. The lowest BCUT2D eigenvalue weighted by molar-refractivity contribution is -0.133. The summed E-state index contributed by atoms with van der Waals surface area (Å²) in [6, 6.07) is 7.37. The van der Waals surface area contributed by atoms with Gasteiger partial charge in [0.2, 0.25) is 5.91 Å². The molecule has 0 spiro atoms. The van der Waals surface area contributed by atoms with Crippen LogP contribution in [-0.2, 0) is 9.59 Å². The van der Waals surface area contributed by atoms with Crippen LogP contribution in [0.4, 0.5) is 5.82 Å². The number of carbonyl (C=O) groups excluding carboxylic acids is 2. The number of aromatic nitrogens is 2. The van der Waals surface area contributed by atoms with E-state index >= 15 is 0 Å². The lowest BCUT2D eigenvalue weighted by Gasteiger charge is -2.38. The smallest absolute Gasteiger partial charge is 0.231 e. The summed E-state index contributed by atoms with van der Waals surface area (Å²) in [7, 11) is 0. The molecule has 1 aromatic carbocycles. The molecule has 2 aliphatic rings. The first-order chi connectivity index (χ1) is 16.0. The maximum atomic E-state index is 13.5. The number of anilines is 1. The highest BCUT2D eigenvalue weighted by molar-refractivity contribution is 6.30. The van der Waals surface area contributed by atoms with Crippen molar-refractivity contribution in [2.45, 2.75) is 37.7 Å². The molecule has 33 heavy (non-hydrogen) atoms. The second-order valence-corrected chi connectivity index (χ2v) is 9.16. The summed E-state index contributed by atoms with van der Waals surface area (Å²) in [5.74, 6) is 0.796. The number of fused-ring (bicyclic) bond motifs is 1. The van der Waals surface area contributed by atoms with Crippen molar-refractivity contribution in [3.05, 3.63) is 52.4 Å². The Morgan fingerprint density at radius 3 is 2.67 bits per heavy atom. The number of carbonyl (C=O) groups is 2. The third-order valence-corrected chi connectivity index (χ3v) is 6.78. The molecular weight excluding hydrogens is 442 g/mol. The van der Waals surface area contributed by atoms with E-state index in [0.717, 1.165) is 28.9 Å². The van der Waals surface area contributed by atoms with Crippen LogP contribution in [0.5, 0.6) is 0 Å². The van der Waals surface area contributed by atoms with E-state index in [2.05, 4.69) is 27.1 Å². The zero-order valence-corrected chi connectivity index (χ0v) is 19.5. The second kappa shape index (κ2) is 10.6. The molecule has 3 atom stereocenters. The van der Waals surface area contributed by atoms with Gasteiger partial charge in [-0.15, -0.1) is 0 Å². The number of hydrogen-bond donors (Lipinski definition) is 2. The predicted octanol–water partition coefficient (Wildman–Crippen LogP) is 2.28. The van der Waals surface area contributed by atoms with Gasteiger partial charge in [-0.3, -0.25) is 4.79 Å². The molecule has 8 nitrogen and oxygen atoms in total. The Morgan fingerprint density at radius 2 is 1.97 bits per heavy atom. The van der Waals surface area contributed by atoms with Crippen molar-refractivity contribution in [2.75, 3.05) is 44.2 Å². The Labute approximate surface area is 199 Å². The maximum Gasteiger partial charge on any atom is 0.231 e. The standard InChI is InChI=1S/C24H30ClN5O3/c1-16-13-20(32)22-21(16)23(28-15-27-22)29-8-10-30(11-9-29)24(33)19(14-26-7-2-12-31)17-3-5-18(25)6-4-17/h3-6,12,15-16,19-20,26,32H,2,7-11,13-14H2,1H3/t16-,19-,20-/m1/s1. The van der Waals surface area contributed by atoms with Crippen LogP contribution in [-0.4, -0.2) is 71.4 Å². The average molecular weight is 472 g/mol. The topological polar surface area (TPSA) is 98.7 Å². The molecule has 1 aliphatic heterocycles. The van der Waals surface area contributed by atoms with E-state index in [-0.39, 0.29) is 17.7 Å². The molecule has 1 aliphatic carbocycles. The molecule has 1 amide bonds. The number of hydrogen-bond acceptors (Lipinski definition) is 7. The SMILES string of the molecule is C[C@@H]1C[C@@H](O)c2ncnc(N3CCN(C(=O)[C@H](CNCCC=O)c4ccc(Cl)cc4)CC3)c21. The van der Waals surface area contributed by atoms with Crippen LogP contribution < -0.4 is 10.2 Å². The summed E-state index contributed by atoms with van der Waals surface area (Å²) in [4.78, 5) is 37.0. The van der Waals surface area contributed by atoms with Crippen molar-refractivity contribution in [3.63, 3.8) is 0 Å². The fourth-order valence-electron chi connectivity index (χ4n) is 4.76. The Balaban J connectivity index is 1.45. The van der Waals surface area contributed by atoms with Gasteiger partial charge in [0, 0.05) is 56.3 Å². The van der Waals surface area contributed by atoms with Gasteiger partial charge >= 0.3 is 0 Å². The Bertz CT molecular complexity index is 979. The number of nitrogens with zero attached hydrogens (tertiary/aromatic N) is 4. The summed E-state index contributed by atoms with van der Waals surface area (Å²) in [5, 5.41) is 14.1. The molecule has 0 radical (unpaired) electrons. The lowest BCUT2D eigenvalue weighted by Crippen LogP contribution is -2.51. The van der Waals surface area contributed by atoms with E-state index in [1.807, 2.05) is 17.0 Å². The fourth-order valence-corrected chi connectivity index (χ4v) is 4.89. The van der Waals surface area contributed by atoms with Crippen molar-refractivity contribution in [2.24, 2.45) is 0 Å². The van der Waals surface area contributed by atoms with Crippen LogP contribution in [0.2, 0.25) is 5.02 Å². The van der Waals surface area contributed by atoms with Crippen LogP contribution in [0.3, 0.4) is 0 Å². The van der Waals surface area contributed by atoms with E-state index in [1.165, 1.54) is 6.33 Å². The summed E-state index contributed by atoms with van der Waals surface area (Å²) in [6.45, 7) is 5.62. The van der Waals surface area contributed by atoms with Crippen LogP contribution in [0.15, 0.2) is 30.6 Å². The Hall–Kier alpha value is -2.55. The lowest BCUT2D eigenvalue weighted by atomic mass is 9.97. The number of amides is 1. The number of halogens is 1. The fraction of sp³-hybridized carbons (Fsp3) is 0.500. The highest BCUT2D eigenvalue weighted by Gasteiger charge is 2.35. The van der Waals surface area contributed by atoms with Gasteiger partial charge in [-0.2, -0.15) is 0 Å². The van der Waals surface area contributed by atoms with E-state index < -0.39 is 6.10 Å². The average Bonchev–Trinajstić information content (AvgIpc) is 3.13. The first kappa shape index (κ1) is 23.6. The highest BCUT2D eigenvalue weighted by atomic mass is 35.5. The van der Waals surface area contributed by atoms with Gasteiger partial charge in [0.25, 0.3) is 0 Å². The summed E-state index contributed by atoms with van der Waals surface area (Å²) < 4.78 is 0. The zero-order chi connectivity index (χ0) is 23.4. The number of aldehydes is 1. The second-order valence-electron chi connectivity index (χ2n) is 8.72. The summed E-state index contributed by atoms with van der Waals surface area (Å²) in [5.41, 5.74) is 2.67. The first-order valence-corrected chi connectivity index (χ1v) is 11.8. The van der Waals surface area contributed by atoms with Gasteiger partial charge in [-0.1, -0.05) is 30.7 Å². The van der Waals surface area contributed by atoms with Crippen molar-refractivity contribution >= 4 is 29.6 Å². The molecule has 1 saturated heterocycles. The monoisotopic (exact) mass is 471 g/mol. The molecule has 2 heterocycles. The van der Waals surface area contributed by atoms with Crippen molar-refractivity contribution < 1.29 is 14.7 Å². The van der Waals surface area contributed by atoms with E-state index in [4.69, 9.17) is 11.6 Å². The molecule has 1 fully saturated rings. The first-order valence-electron chi connectivity index (χ1n) is 11.5. The van der Waals surface area contributed by atoms with Crippen LogP contribution in [0.25, 0.3) is 0 Å². The minimum absolute atomic E-state index is 0.0623. The van der Waals surface area contributed by atoms with Gasteiger partial charge < -0.3 is 25.0 Å². The molecular formula is C24H30ClN5O3. The molecule has 2 N–H and O–H groups in total. The van der Waals surface area contributed by atoms with Crippen molar-refractivity contribution in [1.29, 1.82) is 0 Å². The number of nitrogens with one attached hydrogen (secondary N) is 1. The van der Waals surface area contributed by atoms with E-state index in [9.17, 15) is 14.7 Å². The van der Waals surface area contributed by atoms with Gasteiger partial charge in [-0.05, 0) is 30.0 Å². The van der Waals surface area contributed by atoms with Crippen molar-refractivity contribution in [3.8, 4) is 0 Å². The van der Waals surface area contributed by atoms with Gasteiger partial charge in [-0.25, -0.2) is 9.97 Å². The zero-order valence-electron chi connectivity index (χ0n) is 18.8. The van der Waals surface area contributed by atoms with Gasteiger partial charge in [0.15, 0.2) is 0 Å². The highest BCUT2D eigenvalue weighted by Crippen LogP contribution is 2.42.